The van der Waals surface area contributed by atoms with Gasteiger partial charge in [0.1, 0.15) is 17.2 Å². The SMILES string of the molecule is CCOC(=O)c1ccc(C(=O)Nc2ccc(Oc3cccnc3)c(C)c2)nc1C. The lowest BCUT2D eigenvalue weighted by atomic mass is 10.1. The second kappa shape index (κ2) is 8.97. The Morgan fingerprint density at radius 3 is 2.59 bits per heavy atom. The number of hydrogen-bond donors (Lipinski definition) is 1. The minimum absolute atomic E-state index is 0.212. The zero-order valence-corrected chi connectivity index (χ0v) is 16.4. The Morgan fingerprint density at radius 2 is 1.93 bits per heavy atom. The second-order valence-electron chi connectivity index (χ2n) is 6.28. The Hall–Kier alpha value is -3.74. The van der Waals surface area contributed by atoms with Gasteiger partial charge in [-0.1, -0.05) is 0 Å². The van der Waals surface area contributed by atoms with Crippen LogP contribution in [-0.4, -0.2) is 28.5 Å². The molecule has 0 aliphatic heterocycles. The van der Waals surface area contributed by atoms with E-state index in [1.165, 1.54) is 6.07 Å². The van der Waals surface area contributed by atoms with E-state index in [9.17, 15) is 9.59 Å². The molecule has 148 valence electrons. The molecule has 2 aromatic heterocycles. The average molecular weight is 391 g/mol. The molecule has 0 saturated heterocycles. The fraction of sp³-hybridized carbons (Fsp3) is 0.182. The number of aryl methyl sites for hydroxylation is 2. The first-order chi connectivity index (χ1) is 14.0. The predicted molar refractivity (Wildman–Crippen MR) is 108 cm³/mol. The van der Waals surface area contributed by atoms with Gasteiger partial charge in [0.2, 0.25) is 0 Å². The van der Waals surface area contributed by atoms with Crippen LogP contribution in [0.3, 0.4) is 0 Å². The van der Waals surface area contributed by atoms with Crippen molar-refractivity contribution in [3.63, 3.8) is 0 Å². The first kappa shape index (κ1) is 20.0. The van der Waals surface area contributed by atoms with Crippen LogP contribution in [0, 0.1) is 13.8 Å². The van der Waals surface area contributed by atoms with E-state index < -0.39 is 5.97 Å². The maximum Gasteiger partial charge on any atom is 0.339 e. The van der Waals surface area contributed by atoms with Gasteiger partial charge in [-0.05, 0) is 68.8 Å². The quantitative estimate of drug-likeness (QED) is 0.630. The van der Waals surface area contributed by atoms with E-state index in [2.05, 4.69) is 15.3 Å². The number of hydrogen-bond acceptors (Lipinski definition) is 6. The molecular weight excluding hydrogens is 370 g/mol. The van der Waals surface area contributed by atoms with Gasteiger partial charge in [0, 0.05) is 11.9 Å². The first-order valence-electron chi connectivity index (χ1n) is 9.12. The summed E-state index contributed by atoms with van der Waals surface area (Å²) in [4.78, 5) is 32.6. The molecule has 7 heteroatoms. The van der Waals surface area contributed by atoms with Gasteiger partial charge in [-0.3, -0.25) is 9.78 Å². The largest absolute Gasteiger partial charge is 0.462 e. The van der Waals surface area contributed by atoms with Crippen molar-refractivity contribution >= 4 is 17.6 Å². The molecule has 0 bridgehead atoms. The van der Waals surface area contributed by atoms with Crippen LogP contribution in [0.5, 0.6) is 11.5 Å². The van der Waals surface area contributed by atoms with Crippen molar-refractivity contribution in [2.24, 2.45) is 0 Å². The molecule has 0 unspecified atom stereocenters. The molecule has 1 N–H and O–H groups in total. The van der Waals surface area contributed by atoms with Gasteiger partial charge >= 0.3 is 5.97 Å². The van der Waals surface area contributed by atoms with E-state index in [1.54, 1.807) is 50.5 Å². The van der Waals surface area contributed by atoms with Crippen molar-refractivity contribution in [2.75, 3.05) is 11.9 Å². The van der Waals surface area contributed by atoms with Crippen molar-refractivity contribution < 1.29 is 19.1 Å². The number of nitrogens with one attached hydrogen (secondary N) is 1. The lowest BCUT2D eigenvalue weighted by Gasteiger charge is -2.11. The zero-order valence-electron chi connectivity index (χ0n) is 16.4. The maximum absolute atomic E-state index is 12.5. The molecule has 0 fully saturated rings. The van der Waals surface area contributed by atoms with Gasteiger partial charge in [-0.15, -0.1) is 0 Å². The van der Waals surface area contributed by atoms with E-state index in [4.69, 9.17) is 9.47 Å². The monoisotopic (exact) mass is 391 g/mol. The Morgan fingerprint density at radius 1 is 1.10 bits per heavy atom. The van der Waals surface area contributed by atoms with Gasteiger partial charge in [0.15, 0.2) is 0 Å². The molecule has 7 nitrogen and oxygen atoms in total. The Kier molecular flexibility index (Phi) is 6.19. The van der Waals surface area contributed by atoms with Crippen molar-refractivity contribution in [3.05, 3.63) is 77.4 Å². The van der Waals surface area contributed by atoms with Crippen LogP contribution in [0.1, 0.15) is 39.0 Å². The summed E-state index contributed by atoms with van der Waals surface area (Å²) in [6, 6.07) is 12.0. The van der Waals surface area contributed by atoms with Gasteiger partial charge in [-0.25, -0.2) is 9.78 Å². The number of esters is 1. The summed E-state index contributed by atoms with van der Waals surface area (Å²) >= 11 is 0. The number of pyridine rings is 2. The van der Waals surface area contributed by atoms with Crippen LogP contribution in [-0.2, 0) is 4.74 Å². The molecule has 3 rings (SSSR count). The van der Waals surface area contributed by atoms with Crippen LogP contribution in [0.4, 0.5) is 5.69 Å². The standard InChI is InChI=1S/C22H21N3O4/c1-4-28-22(27)18-8-9-19(24-15(18)3)21(26)25-16-7-10-20(14(2)12-16)29-17-6-5-11-23-13-17/h5-13H,4H2,1-3H3,(H,25,26). The van der Waals surface area contributed by atoms with Crippen LogP contribution in [0.15, 0.2) is 54.9 Å². The highest BCUT2D eigenvalue weighted by atomic mass is 16.5. The summed E-state index contributed by atoms with van der Waals surface area (Å²) in [5.74, 6) is 0.477. The first-order valence-corrected chi connectivity index (χ1v) is 9.12. The fourth-order valence-corrected chi connectivity index (χ4v) is 2.68. The summed E-state index contributed by atoms with van der Waals surface area (Å²) in [6.45, 7) is 5.56. The molecule has 0 saturated carbocycles. The molecule has 3 aromatic rings. The molecule has 0 aliphatic rings. The molecule has 2 heterocycles. The number of nitrogens with zero attached hydrogens (tertiary/aromatic N) is 2. The maximum atomic E-state index is 12.5. The number of aromatic nitrogens is 2. The van der Waals surface area contributed by atoms with Crippen LogP contribution in [0.2, 0.25) is 0 Å². The summed E-state index contributed by atoms with van der Waals surface area (Å²) in [5, 5.41) is 2.81. The lowest BCUT2D eigenvalue weighted by Crippen LogP contribution is -2.16. The number of carbonyl (C=O) groups is 2. The van der Waals surface area contributed by atoms with Gasteiger partial charge < -0.3 is 14.8 Å². The van der Waals surface area contributed by atoms with Crippen LogP contribution < -0.4 is 10.1 Å². The van der Waals surface area contributed by atoms with E-state index in [0.29, 0.717) is 28.4 Å². The molecule has 29 heavy (non-hydrogen) atoms. The third kappa shape index (κ3) is 4.95. The Balaban J connectivity index is 1.71. The molecule has 0 radical (unpaired) electrons. The molecule has 1 aromatic carbocycles. The summed E-state index contributed by atoms with van der Waals surface area (Å²) < 4.78 is 10.8. The van der Waals surface area contributed by atoms with E-state index in [0.717, 1.165) is 5.56 Å². The Labute approximate surface area is 168 Å². The van der Waals surface area contributed by atoms with Crippen molar-refractivity contribution in [1.29, 1.82) is 0 Å². The highest BCUT2D eigenvalue weighted by molar-refractivity contribution is 6.03. The number of amides is 1. The zero-order chi connectivity index (χ0) is 20.8. The van der Waals surface area contributed by atoms with Crippen LogP contribution in [0.25, 0.3) is 0 Å². The van der Waals surface area contributed by atoms with E-state index in [-0.39, 0.29) is 18.2 Å². The third-order valence-electron chi connectivity index (χ3n) is 4.11. The number of benzene rings is 1. The van der Waals surface area contributed by atoms with Crippen molar-refractivity contribution in [1.82, 2.24) is 9.97 Å². The normalized spacial score (nSPS) is 10.3. The van der Waals surface area contributed by atoms with E-state index in [1.807, 2.05) is 19.1 Å². The van der Waals surface area contributed by atoms with Crippen LogP contribution >= 0.6 is 0 Å². The molecule has 0 spiro atoms. The molecule has 1 amide bonds. The molecular formula is C22H21N3O4. The lowest BCUT2D eigenvalue weighted by molar-refractivity contribution is 0.0524. The predicted octanol–water partition coefficient (Wildman–Crippen LogP) is 4.31. The number of ether oxygens (including phenoxy) is 2. The Bertz CT molecular complexity index is 1040. The van der Waals surface area contributed by atoms with Gasteiger partial charge in [-0.2, -0.15) is 0 Å². The second-order valence-corrected chi connectivity index (χ2v) is 6.28. The van der Waals surface area contributed by atoms with Crippen molar-refractivity contribution in [3.8, 4) is 11.5 Å². The minimum Gasteiger partial charge on any atom is -0.462 e. The number of carbonyl (C=O) groups excluding carboxylic acids is 2. The smallest absolute Gasteiger partial charge is 0.339 e. The van der Waals surface area contributed by atoms with Gasteiger partial charge in [0.05, 0.1) is 24.1 Å². The van der Waals surface area contributed by atoms with E-state index >= 15 is 0 Å². The topological polar surface area (TPSA) is 90.4 Å². The fourth-order valence-electron chi connectivity index (χ4n) is 2.68. The molecule has 0 aliphatic carbocycles. The highest BCUT2D eigenvalue weighted by Crippen LogP contribution is 2.27. The molecule has 0 atom stereocenters. The summed E-state index contributed by atoms with van der Waals surface area (Å²) in [5.41, 5.74) is 2.46. The minimum atomic E-state index is -0.454. The average Bonchev–Trinajstić information content (AvgIpc) is 2.71. The third-order valence-corrected chi connectivity index (χ3v) is 4.11. The summed E-state index contributed by atoms with van der Waals surface area (Å²) in [6.07, 6.45) is 3.30. The number of rotatable bonds is 6. The van der Waals surface area contributed by atoms with Crippen molar-refractivity contribution in [2.45, 2.75) is 20.8 Å². The number of anilines is 1. The highest BCUT2D eigenvalue weighted by Gasteiger charge is 2.15. The van der Waals surface area contributed by atoms with Gasteiger partial charge in [0.25, 0.3) is 5.91 Å². The summed E-state index contributed by atoms with van der Waals surface area (Å²) in [7, 11) is 0.